The lowest BCUT2D eigenvalue weighted by molar-refractivity contribution is -0.149. The Morgan fingerprint density at radius 3 is 2.19 bits per heavy atom. The lowest BCUT2D eigenvalue weighted by Crippen LogP contribution is -2.21. The Balaban J connectivity index is 2.27. The van der Waals surface area contributed by atoms with Crippen molar-refractivity contribution in [2.45, 2.75) is 24.5 Å². The first-order valence-electron chi connectivity index (χ1n) is 9.04. The van der Waals surface area contributed by atoms with Gasteiger partial charge in [-0.3, -0.25) is 4.79 Å². The number of benzene rings is 2. The van der Waals surface area contributed by atoms with Gasteiger partial charge in [0.15, 0.2) is 5.69 Å². The number of rotatable bonds is 6. The SMILES string of the molecule is CCOC(=O)Cn1nc(-c2ccc(S(N)(=O)=O)cc2)c(-c2ccccc2)c1C(F)(F)F. The lowest BCUT2D eigenvalue weighted by atomic mass is 9.98. The fraction of sp³-hybridized carbons (Fsp3) is 0.200. The predicted molar refractivity (Wildman–Crippen MR) is 106 cm³/mol. The van der Waals surface area contributed by atoms with Crippen LogP contribution in [0.2, 0.25) is 0 Å². The highest BCUT2D eigenvalue weighted by molar-refractivity contribution is 7.89. The van der Waals surface area contributed by atoms with Crippen LogP contribution in [0.25, 0.3) is 22.4 Å². The molecule has 0 fully saturated rings. The Kier molecular flexibility index (Phi) is 6.18. The van der Waals surface area contributed by atoms with E-state index in [1.165, 1.54) is 36.4 Å². The van der Waals surface area contributed by atoms with Crippen molar-refractivity contribution < 1.29 is 31.1 Å². The molecule has 1 heterocycles. The summed E-state index contributed by atoms with van der Waals surface area (Å²) < 4.78 is 70.6. The highest BCUT2D eigenvalue weighted by Crippen LogP contribution is 2.42. The molecule has 0 spiro atoms. The molecule has 0 saturated heterocycles. The third-order valence-electron chi connectivity index (χ3n) is 4.32. The van der Waals surface area contributed by atoms with Crippen molar-refractivity contribution in [2.24, 2.45) is 5.14 Å². The number of sulfonamides is 1. The summed E-state index contributed by atoms with van der Waals surface area (Å²) in [5, 5.41) is 9.14. The van der Waals surface area contributed by atoms with Crippen LogP contribution < -0.4 is 5.14 Å². The van der Waals surface area contributed by atoms with E-state index in [0.717, 1.165) is 0 Å². The first-order valence-corrected chi connectivity index (χ1v) is 10.6. The molecule has 0 amide bonds. The first kappa shape index (κ1) is 22.5. The second-order valence-corrected chi connectivity index (χ2v) is 8.03. The number of carbonyl (C=O) groups excluding carboxylic acids is 1. The third kappa shape index (κ3) is 4.94. The maximum absolute atomic E-state index is 14.1. The fourth-order valence-corrected chi connectivity index (χ4v) is 3.59. The molecule has 0 aliphatic rings. The van der Waals surface area contributed by atoms with Crippen molar-refractivity contribution in [3.8, 4) is 22.4 Å². The van der Waals surface area contributed by atoms with Crippen molar-refractivity contribution >= 4 is 16.0 Å². The van der Waals surface area contributed by atoms with E-state index in [0.29, 0.717) is 4.68 Å². The highest BCUT2D eigenvalue weighted by atomic mass is 32.2. The Hall–Kier alpha value is -3.18. The zero-order chi connectivity index (χ0) is 22.8. The molecule has 0 atom stereocenters. The monoisotopic (exact) mass is 453 g/mol. The Bertz CT molecular complexity index is 1190. The van der Waals surface area contributed by atoms with Gasteiger partial charge in [0.05, 0.1) is 11.5 Å². The number of ether oxygens (including phenoxy) is 1. The average Bonchev–Trinajstić information content (AvgIpc) is 3.07. The number of carbonyl (C=O) groups is 1. The van der Waals surface area contributed by atoms with E-state index in [-0.39, 0.29) is 33.9 Å². The number of alkyl halides is 3. The quantitative estimate of drug-likeness (QED) is 0.576. The molecular formula is C20H18F3N3O4S. The van der Waals surface area contributed by atoms with Gasteiger partial charge in [0, 0.05) is 11.1 Å². The van der Waals surface area contributed by atoms with Crippen LogP contribution >= 0.6 is 0 Å². The normalized spacial score (nSPS) is 12.0. The van der Waals surface area contributed by atoms with Crippen LogP contribution in [0.3, 0.4) is 0 Å². The number of aromatic nitrogens is 2. The molecule has 0 radical (unpaired) electrons. The number of hydrogen-bond donors (Lipinski definition) is 1. The minimum absolute atomic E-state index is 0.00881. The summed E-state index contributed by atoms with van der Waals surface area (Å²) in [5.41, 5.74) is -0.961. The molecule has 31 heavy (non-hydrogen) atoms. The summed E-state index contributed by atoms with van der Waals surface area (Å²) in [6.45, 7) is 0.812. The van der Waals surface area contributed by atoms with Crippen molar-refractivity contribution in [1.29, 1.82) is 0 Å². The van der Waals surface area contributed by atoms with Crippen LogP contribution in [0.1, 0.15) is 12.6 Å². The van der Waals surface area contributed by atoms with E-state index in [1.54, 1.807) is 25.1 Å². The molecule has 0 bridgehead atoms. The van der Waals surface area contributed by atoms with E-state index >= 15 is 0 Å². The van der Waals surface area contributed by atoms with Gasteiger partial charge in [-0.15, -0.1) is 0 Å². The molecule has 11 heteroatoms. The van der Waals surface area contributed by atoms with Crippen molar-refractivity contribution in [1.82, 2.24) is 9.78 Å². The largest absolute Gasteiger partial charge is 0.465 e. The van der Waals surface area contributed by atoms with E-state index in [1.807, 2.05) is 0 Å². The third-order valence-corrected chi connectivity index (χ3v) is 5.25. The van der Waals surface area contributed by atoms with Crippen LogP contribution in [0.15, 0.2) is 59.5 Å². The molecule has 0 aliphatic carbocycles. The van der Waals surface area contributed by atoms with Crippen molar-refractivity contribution in [3.63, 3.8) is 0 Å². The maximum atomic E-state index is 14.1. The van der Waals surface area contributed by atoms with Gasteiger partial charge in [0.1, 0.15) is 12.2 Å². The molecule has 2 N–H and O–H groups in total. The fourth-order valence-electron chi connectivity index (χ4n) is 3.08. The zero-order valence-electron chi connectivity index (χ0n) is 16.3. The summed E-state index contributed by atoms with van der Waals surface area (Å²) in [4.78, 5) is 11.7. The van der Waals surface area contributed by atoms with Gasteiger partial charge in [0.2, 0.25) is 10.0 Å². The van der Waals surface area contributed by atoms with Gasteiger partial charge in [-0.05, 0) is 24.6 Å². The standard InChI is InChI=1S/C20H18F3N3O4S/c1-2-30-16(27)12-26-19(20(21,22)23)17(13-6-4-3-5-7-13)18(25-26)14-8-10-15(11-9-14)31(24,28)29/h3-11H,2,12H2,1H3,(H2,24,28,29). The first-order chi connectivity index (χ1) is 14.5. The number of nitrogens with zero attached hydrogens (tertiary/aromatic N) is 2. The minimum Gasteiger partial charge on any atom is -0.465 e. The lowest BCUT2D eigenvalue weighted by Gasteiger charge is -2.13. The number of halogens is 3. The molecule has 3 aromatic rings. The summed E-state index contributed by atoms with van der Waals surface area (Å²) in [6, 6.07) is 12.8. The molecule has 0 saturated carbocycles. The Morgan fingerprint density at radius 1 is 1.06 bits per heavy atom. The summed E-state index contributed by atoms with van der Waals surface area (Å²) >= 11 is 0. The van der Waals surface area contributed by atoms with Crippen LogP contribution in [-0.2, 0) is 32.3 Å². The molecule has 1 aromatic heterocycles. The van der Waals surface area contributed by atoms with Gasteiger partial charge in [0.25, 0.3) is 0 Å². The van der Waals surface area contributed by atoms with Crippen LogP contribution in [-0.4, -0.2) is 30.8 Å². The van der Waals surface area contributed by atoms with E-state index in [2.05, 4.69) is 5.10 Å². The number of nitrogens with two attached hydrogens (primary N) is 1. The van der Waals surface area contributed by atoms with E-state index in [4.69, 9.17) is 9.88 Å². The average molecular weight is 453 g/mol. The van der Waals surface area contributed by atoms with Gasteiger partial charge in [-0.2, -0.15) is 18.3 Å². The van der Waals surface area contributed by atoms with Gasteiger partial charge in [-0.25, -0.2) is 18.2 Å². The molecule has 2 aromatic carbocycles. The van der Waals surface area contributed by atoms with Crippen LogP contribution in [0.4, 0.5) is 13.2 Å². The molecular weight excluding hydrogens is 435 g/mol. The summed E-state index contributed by atoms with van der Waals surface area (Å²) in [7, 11) is -3.98. The molecule has 0 unspecified atom stereocenters. The number of hydrogen-bond acceptors (Lipinski definition) is 5. The maximum Gasteiger partial charge on any atom is 0.433 e. The van der Waals surface area contributed by atoms with Gasteiger partial charge < -0.3 is 4.74 Å². The van der Waals surface area contributed by atoms with E-state index in [9.17, 15) is 26.4 Å². The van der Waals surface area contributed by atoms with Crippen molar-refractivity contribution in [3.05, 3.63) is 60.3 Å². The molecule has 3 rings (SSSR count). The molecule has 0 aliphatic heterocycles. The highest BCUT2D eigenvalue weighted by Gasteiger charge is 2.41. The van der Waals surface area contributed by atoms with Crippen molar-refractivity contribution in [2.75, 3.05) is 6.61 Å². The van der Waals surface area contributed by atoms with Gasteiger partial charge >= 0.3 is 12.1 Å². The van der Waals surface area contributed by atoms with Crippen LogP contribution in [0.5, 0.6) is 0 Å². The smallest absolute Gasteiger partial charge is 0.433 e. The number of primary sulfonamides is 1. The molecule has 164 valence electrons. The topological polar surface area (TPSA) is 104 Å². The minimum atomic E-state index is -4.83. The van der Waals surface area contributed by atoms with E-state index < -0.39 is 34.4 Å². The molecule has 7 nitrogen and oxygen atoms in total. The second-order valence-electron chi connectivity index (χ2n) is 6.47. The summed E-state index contributed by atoms with van der Waals surface area (Å²) in [6.07, 6.45) is -4.83. The second kappa shape index (κ2) is 8.52. The number of esters is 1. The Morgan fingerprint density at radius 2 is 1.68 bits per heavy atom. The summed E-state index contributed by atoms with van der Waals surface area (Å²) in [5.74, 6) is -0.869. The van der Waals surface area contributed by atoms with Gasteiger partial charge in [-0.1, -0.05) is 42.5 Å². The Labute approximate surface area is 176 Å². The zero-order valence-corrected chi connectivity index (χ0v) is 17.1. The van der Waals surface area contributed by atoms with Crippen LogP contribution in [0, 0.1) is 0 Å². The predicted octanol–water partition coefficient (Wildman–Crippen LogP) is 3.45.